The Hall–Kier alpha value is -3.32. The van der Waals surface area contributed by atoms with Crippen molar-refractivity contribution >= 4 is 23.5 Å². The second kappa shape index (κ2) is 8.86. The molecular formula is C19H14ClN3O4. The fraction of sp³-hybridized carbons (Fsp3) is 0.105. The standard InChI is InChI=1S/C19H14ClN3O4/c20-19-22-15(17(24)26-11-13-7-3-1-4-8-13)21-16(23-19)18(25)27-12-14-9-5-2-6-10-14/h1-10H,11-12H2. The largest absolute Gasteiger partial charge is 0.455 e. The van der Waals surface area contributed by atoms with Crippen molar-refractivity contribution in [2.45, 2.75) is 13.2 Å². The fourth-order valence-corrected chi connectivity index (χ4v) is 2.27. The Morgan fingerprint density at radius 3 is 1.52 bits per heavy atom. The maximum Gasteiger partial charge on any atom is 0.376 e. The molecule has 0 saturated carbocycles. The highest BCUT2D eigenvalue weighted by Gasteiger charge is 2.19. The molecule has 136 valence electrons. The van der Waals surface area contributed by atoms with Gasteiger partial charge in [0.15, 0.2) is 0 Å². The van der Waals surface area contributed by atoms with Gasteiger partial charge in [-0.15, -0.1) is 0 Å². The summed E-state index contributed by atoms with van der Waals surface area (Å²) in [5, 5.41) is -0.302. The molecule has 1 aromatic heterocycles. The van der Waals surface area contributed by atoms with Gasteiger partial charge in [-0.05, 0) is 22.7 Å². The van der Waals surface area contributed by atoms with Gasteiger partial charge in [0.05, 0.1) is 0 Å². The summed E-state index contributed by atoms with van der Waals surface area (Å²) in [6, 6.07) is 18.2. The monoisotopic (exact) mass is 383 g/mol. The molecule has 0 amide bonds. The minimum absolute atomic E-state index is 0.0385. The molecule has 2 aromatic carbocycles. The Balaban J connectivity index is 1.66. The van der Waals surface area contributed by atoms with E-state index in [1.165, 1.54) is 0 Å². The van der Waals surface area contributed by atoms with Gasteiger partial charge in [-0.3, -0.25) is 0 Å². The highest BCUT2D eigenvalue weighted by Crippen LogP contribution is 2.09. The van der Waals surface area contributed by atoms with E-state index >= 15 is 0 Å². The second-order valence-electron chi connectivity index (χ2n) is 5.38. The van der Waals surface area contributed by atoms with Crippen molar-refractivity contribution in [2.75, 3.05) is 0 Å². The smallest absolute Gasteiger partial charge is 0.376 e. The third kappa shape index (κ3) is 5.32. The Labute approximate surface area is 160 Å². The van der Waals surface area contributed by atoms with Crippen LogP contribution in [0.25, 0.3) is 0 Å². The Kier molecular flexibility index (Phi) is 6.06. The number of carbonyl (C=O) groups excluding carboxylic acids is 2. The molecule has 0 N–H and O–H groups in total. The Morgan fingerprint density at radius 2 is 1.11 bits per heavy atom. The number of esters is 2. The molecule has 3 rings (SSSR count). The number of rotatable bonds is 6. The summed E-state index contributed by atoms with van der Waals surface area (Å²) in [7, 11) is 0. The predicted octanol–water partition coefficient (Wildman–Crippen LogP) is 3.24. The number of ether oxygens (including phenoxy) is 2. The first kappa shape index (κ1) is 18.5. The normalized spacial score (nSPS) is 10.3. The van der Waals surface area contributed by atoms with E-state index in [9.17, 15) is 9.59 Å². The van der Waals surface area contributed by atoms with E-state index in [1.807, 2.05) is 36.4 Å². The molecule has 0 bridgehead atoms. The summed E-state index contributed by atoms with van der Waals surface area (Å²) >= 11 is 5.79. The van der Waals surface area contributed by atoms with Gasteiger partial charge >= 0.3 is 11.9 Å². The summed E-state index contributed by atoms with van der Waals surface area (Å²) in [4.78, 5) is 35.5. The molecule has 3 aromatic rings. The lowest BCUT2D eigenvalue weighted by Gasteiger charge is -2.06. The Bertz CT molecular complexity index is 862. The molecule has 0 atom stereocenters. The summed E-state index contributed by atoms with van der Waals surface area (Å²) in [6.07, 6.45) is 0. The maximum absolute atomic E-state index is 12.1. The van der Waals surface area contributed by atoms with Crippen LogP contribution in [-0.4, -0.2) is 26.9 Å². The molecule has 0 aliphatic carbocycles. The fourth-order valence-electron chi connectivity index (χ4n) is 2.11. The lowest BCUT2D eigenvalue weighted by Crippen LogP contribution is -2.17. The third-order valence-corrected chi connectivity index (χ3v) is 3.57. The summed E-state index contributed by atoms with van der Waals surface area (Å²) in [6.45, 7) is 0.0769. The van der Waals surface area contributed by atoms with Crippen LogP contribution in [0.15, 0.2) is 60.7 Å². The van der Waals surface area contributed by atoms with Crippen molar-refractivity contribution in [1.82, 2.24) is 15.0 Å². The van der Waals surface area contributed by atoms with E-state index in [1.54, 1.807) is 24.3 Å². The molecule has 0 unspecified atom stereocenters. The van der Waals surface area contributed by atoms with Gasteiger partial charge in [0.2, 0.25) is 16.9 Å². The topological polar surface area (TPSA) is 91.3 Å². The first-order valence-corrected chi connectivity index (χ1v) is 8.33. The summed E-state index contributed by atoms with van der Waals surface area (Å²) in [5.74, 6) is -2.37. The molecule has 0 spiro atoms. The van der Waals surface area contributed by atoms with E-state index in [0.717, 1.165) is 11.1 Å². The molecule has 0 fully saturated rings. The summed E-state index contributed by atoms with van der Waals surface area (Å²) in [5.41, 5.74) is 1.60. The van der Waals surface area contributed by atoms with Gasteiger partial charge in [-0.25, -0.2) is 9.59 Å². The van der Waals surface area contributed by atoms with Crippen LogP contribution in [0.3, 0.4) is 0 Å². The van der Waals surface area contributed by atoms with Crippen molar-refractivity contribution in [3.63, 3.8) is 0 Å². The van der Waals surface area contributed by atoms with Gasteiger partial charge in [-0.1, -0.05) is 60.7 Å². The van der Waals surface area contributed by atoms with E-state index < -0.39 is 11.9 Å². The number of hydrogen-bond acceptors (Lipinski definition) is 7. The number of halogens is 1. The minimum atomic E-state index is -0.819. The average Bonchev–Trinajstić information content (AvgIpc) is 2.71. The van der Waals surface area contributed by atoms with Crippen LogP contribution >= 0.6 is 11.6 Å². The zero-order valence-corrected chi connectivity index (χ0v) is 14.8. The van der Waals surface area contributed by atoms with E-state index in [4.69, 9.17) is 21.1 Å². The van der Waals surface area contributed by atoms with Crippen LogP contribution in [0.1, 0.15) is 32.4 Å². The van der Waals surface area contributed by atoms with Crippen molar-refractivity contribution < 1.29 is 19.1 Å². The van der Waals surface area contributed by atoms with Crippen LogP contribution in [0.5, 0.6) is 0 Å². The number of hydrogen-bond donors (Lipinski definition) is 0. The predicted molar refractivity (Wildman–Crippen MR) is 96.0 cm³/mol. The zero-order chi connectivity index (χ0) is 19.1. The lowest BCUT2D eigenvalue weighted by atomic mass is 10.2. The quantitative estimate of drug-likeness (QED) is 0.603. The van der Waals surface area contributed by atoms with Crippen LogP contribution in [0, 0.1) is 0 Å². The molecule has 0 radical (unpaired) electrons. The molecule has 0 aliphatic heterocycles. The van der Waals surface area contributed by atoms with Crippen molar-refractivity contribution in [1.29, 1.82) is 0 Å². The van der Waals surface area contributed by atoms with Gasteiger partial charge in [0.25, 0.3) is 0 Å². The third-order valence-electron chi connectivity index (χ3n) is 3.40. The molecule has 0 saturated heterocycles. The number of benzene rings is 2. The highest BCUT2D eigenvalue weighted by atomic mass is 35.5. The lowest BCUT2D eigenvalue weighted by molar-refractivity contribution is 0.0445. The molecule has 27 heavy (non-hydrogen) atoms. The number of aromatic nitrogens is 3. The van der Waals surface area contributed by atoms with E-state index in [0.29, 0.717) is 0 Å². The van der Waals surface area contributed by atoms with Gasteiger partial charge in [-0.2, -0.15) is 15.0 Å². The molecule has 8 heteroatoms. The van der Waals surface area contributed by atoms with Crippen molar-refractivity contribution in [3.8, 4) is 0 Å². The van der Waals surface area contributed by atoms with Crippen LogP contribution < -0.4 is 0 Å². The molecular weight excluding hydrogens is 370 g/mol. The second-order valence-corrected chi connectivity index (χ2v) is 5.71. The Morgan fingerprint density at radius 1 is 0.704 bits per heavy atom. The van der Waals surface area contributed by atoms with Crippen molar-refractivity contribution in [2.24, 2.45) is 0 Å². The number of nitrogens with zero attached hydrogens (tertiary/aromatic N) is 3. The average molecular weight is 384 g/mol. The first-order chi connectivity index (χ1) is 13.1. The molecule has 1 heterocycles. The van der Waals surface area contributed by atoms with Crippen molar-refractivity contribution in [3.05, 3.63) is 88.7 Å². The number of carbonyl (C=O) groups is 2. The zero-order valence-electron chi connectivity index (χ0n) is 14.0. The van der Waals surface area contributed by atoms with Gasteiger partial charge in [0.1, 0.15) is 13.2 Å². The summed E-state index contributed by atoms with van der Waals surface area (Å²) < 4.78 is 10.3. The SMILES string of the molecule is O=C(OCc1ccccc1)c1nc(Cl)nc(C(=O)OCc2ccccc2)n1. The van der Waals surface area contributed by atoms with Crippen LogP contribution in [0.4, 0.5) is 0 Å². The molecule has 7 nitrogen and oxygen atoms in total. The van der Waals surface area contributed by atoms with Gasteiger partial charge in [0, 0.05) is 0 Å². The van der Waals surface area contributed by atoms with Crippen LogP contribution in [-0.2, 0) is 22.7 Å². The maximum atomic E-state index is 12.1. The van der Waals surface area contributed by atoms with Crippen LogP contribution in [0.2, 0.25) is 5.28 Å². The highest BCUT2D eigenvalue weighted by molar-refractivity contribution is 6.28. The minimum Gasteiger partial charge on any atom is -0.455 e. The first-order valence-electron chi connectivity index (χ1n) is 7.95. The van der Waals surface area contributed by atoms with E-state index in [2.05, 4.69) is 15.0 Å². The molecule has 0 aliphatic rings. The van der Waals surface area contributed by atoms with Gasteiger partial charge < -0.3 is 9.47 Å². The van der Waals surface area contributed by atoms with E-state index in [-0.39, 0.29) is 30.1 Å².